The summed E-state index contributed by atoms with van der Waals surface area (Å²) < 4.78 is 0. The molecule has 1 aliphatic rings. The Bertz CT molecular complexity index is 577. The van der Waals surface area contributed by atoms with Gasteiger partial charge in [0.15, 0.2) is 5.75 Å². The Hall–Kier alpha value is -1.81. The van der Waals surface area contributed by atoms with Gasteiger partial charge >= 0.3 is 0 Å². The van der Waals surface area contributed by atoms with Crippen LogP contribution in [0.1, 0.15) is 12.8 Å². The van der Waals surface area contributed by atoms with Crippen LogP contribution in [-0.4, -0.2) is 36.3 Å². The molecule has 0 spiro atoms. The molecule has 0 aliphatic carbocycles. The van der Waals surface area contributed by atoms with Crippen LogP contribution < -0.4 is 10.2 Å². The molecule has 2 aromatic rings. The molecule has 3 rings (SSSR count). The molecule has 1 aromatic heterocycles. The SMILES string of the molecule is CNC1CCN(c2c(O)cnc3ccccc23)CC1. The Kier molecular flexibility index (Phi) is 3.25. The number of anilines is 1. The highest BCUT2D eigenvalue weighted by Crippen LogP contribution is 2.35. The van der Waals surface area contributed by atoms with E-state index in [2.05, 4.69) is 15.2 Å². The molecule has 1 aromatic carbocycles. The van der Waals surface area contributed by atoms with Gasteiger partial charge in [-0.1, -0.05) is 18.2 Å². The van der Waals surface area contributed by atoms with Crippen molar-refractivity contribution in [3.63, 3.8) is 0 Å². The van der Waals surface area contributed by atoms with Crippen molar-refractivity contribution >= 4 is 16.6 Å². The molecule has 0 saturated carbocycles. The highest BCUT2D eigenvalue weighted by molar-refractivity contribution is 5.94. The van der Waals surface area contributed by atoms with Crippen molar-refractivity contribution in [1.82, 2.24) is 10.3 Å². The van der Waals surface area contributed by atoms with Gasteiger partial charge in [-0.15, -0.1) is 0 Å². The summed E-state index contributed by atoms with van der Waals surface area (Å²) in [7, 11) is 2.01. The number of para-hydroxylation sites is 1. The van der Waals surface area contributed by atoms with Crippen molar-refractivity contribution in [2.45, 2.75) is 18.9 Å². The predicted octanol–water partition coefficient (Wildman–Crippen LogP) is 2.13. The lowest BCUT2D eigenvalue weighted by atomic mass is 10.0. The van der Waals surface area contributed by atoms with Crippen LogP contribution in [0.25, 0.3) is 10.9 Å². The molecule has 19 heavy (non-hydrogen) atoms. The molecule has 100 valence electrons. The minimum absolute atomic E-state index is 0.279. The zero-order valence-corrected chi connectivity index (χ0v) is 11.1. The van der Waals surface area contributed by atoms with E-state index in [4.69, 9.17) is 0 Å². The molecule has 2 N–H and O–H groups in total. The molecular weight excluding hydrogens is 238 g/mol. The second kappa shape index (κ2) is 5.05. The molecule has 1 aliphatic heterocycles. The van der Waals surface area contributed by atoms with Crippen LogP contribution in [0.5, 0.6) is 5.75 Å². The molecule has 0 unspecified atom stereocenters. The summed E-state index contributed by atoms with van der Waals surface area (Å²) in [6.45, 7) is 1.93. The normalized spacial score (nSPS) is 17.0. The number of rotatable bonds is 2. The average molecular weight is 257 g/mol. The molecule has 1 fully saturated rings. The number of nitrogens with zero attached hydrogens (tertiary/aromatic N) is 2. The number of aromatic hydroxyl groups is 1. The van der Waals surface area contributed by atoms with Crippen molar-refractivity contribution in [1.29, 1.82) is 0 Å². The Balaban J connectivity index is 1.98. The lowest BCUT2D eigenvalue weighted by Crippen LogP contribution is -2.41. The van der Waals surface area contributed by atoms with Gasteiger partial charge in [0.05, 0.1) is 17.4 Å². The first-order valence-corrected chi connectivity index (χ1v) is 6.78. The summed E-state index contributed by atoms with van der Waals surface area (Å²) in [4.78, 5) is 6.55. The van der Waals surface area contributed by atoms with E-state index in [1.165, 1.54) is 0 Å². The van der Waals surface area contributed by atoms with Gasteiger partial charge in [0, 0.05) is 24.5 Å². The first kappa shape index (κ1) is 12.2. The molecule has 0 amide bonds. The first-order chi connectivity index (χ1) is 9.29. The third kappa shape index (κ3) is 2.24. The highest BCUT2D eigenvalue weighted by atomic mass is 16.3. The first-order valence-electron chi connectivity index (χ1n) is 6.78. The summed E-state index contributed by atoms with van der Waals surface area (Å²) in [6, 6.07) is 8.57. The Labute approximate surface area is 113 Å². The van der Waals surface area contributed by atoms with Crippen LogP contribution in [-0.2, 0) is 0 Å². The maximum absolute atomic E-state index is 10.2. The van der Waals surface area contributed by atoms with Crippen molar-refractivity contribution in [3.05, 3.63) is 30.5 Å². The zero-order valence-electron chi connectivity index (χ0n) is 11.1. The van der Waals surface area contributed by atoms with Gasteiger partial charge in [0.1, 0.15) is 0 Å². The summed E-state index contributed by atoms with van der Waals surface area (Å²) in [5, 5.41) is 14.5. The van der Waals surface area contributed by atoms with E-state index in [1.54, 1.807) is 6.20 Å². The Morgan fingerprint density at radius 3 is 2.74 bits per heavy atom. The van der Waals surface area contributed by atoms with Crippen LogP contribution in [0.15, 0.2) is 30.5 Å². The lowest BCUT2D eigenvalue weighted by Gasteiger charge is -2.34. The summed E-state index contributed by atoms with van der Waals surface area (Å²) in [6.07, 6.45) is 3.76. The van der Waals surface area contributed by atoms with Gasteiger partial charge in [-0.2, -0.15) is 0 Å². The van der Waals surface area contributed by atoms with E-state index in [-0.39, 0.29) is 5.75 Å². The fraction of sp³-hybridized carbons (Fsp3) is 0.400. The minimum atomic E-state index is 0.279. The second-order valence-corrected chi connectivity index (χ2v) is 5.06. The molecule has 1 saturated heterocycles. The predicted molar refractivity (Wildman–Crippen MR) is 77.7 cm³/mol. The smallest absolute Gasteiger partial charge is 0.157 e. The zero-order chi connectivity index (χ0) is 13.2. The largest absolute Gasteiger partial charge is 0.504 e. The van der Waals surface area contributed by atoms with E-state index in [0.29, 0.717) is 6.04 Å². The van der Waals surface area contributed by atoms with Gasteiger partial charge in [-0.3, -0.25) is 4.98 Å². The van der Waals surface area contributed by atoms with Crippen LogP contribution in [0.3, 0.4) is 0 Å². The third-order valence-corrected chi connectivity index (χ3v) is 3.95. The van der Waals surface area contributed by atoms with E-state index >= 15 is 0 Å². The maximum Gasteiger partial charge on any atom is 0.157 e. The number of aromatic nitrogens is 1. The van der Waals surface area contributed by atoms with Gasteiger partial charge in [-0.25, -0.2) is 0 Å². The van der Waals surface area contributed by atoms with Crippen molar-refractivity contribution in [3.8, 4) is 5.75 Å². The molecule has 4 nitrogen and oxygen atoms in total. The third-order valence-electron chi connectivity index (χ3n) is 3.95. The molecule has 0 radical (unpaired) electrons. The molecule has 2 heterocycles. The van der Waals surface area contributed by atoms with E-state index in [0.717, 1.165) is 42.5 Å². The van der Waals surface area contributed by atoms with Crippen LogP contribution in [0, 0.1) is 0 Å². The number of pyridine rings is 1. The second-order valence-electron chi connectivity index (χ2n) is 5.06. The Morgan fingerprint density at radius 1 is 1.26 bits per heavy atom. The van der Waals surface area contributed by atoms with Crippen molar-refractivity contribution in [2.24, 2.45) is 0 Å². The van der Waals surface area contributed by atoms with Gasteiger partial charge in [0.2, 0.25) is 0 Å². The topological polar surface area (TPSA) is 48.4 Å². The fourth-order valence-corrected chi connectivity index (χ4v) is 2.84. The minimum Gasteiger partial charge on any atom is -0.504 e. The molecular formula is C15H19N3O. The van der Waals surface area contributed by atoms with Gasteiger partial charge in [0.25, 0.3) is 0 Å². The number of hydrogen-bond donors (Lipinski definition) is 2. The number of nitrogens with one attached hydrogen (secondary N) is 1. The van der Waals surface area contributed by atoms with Crippen molar-refractivity contribution in [2.75, 3.05) is 25.0 Å². The van der Waals surface area contributed by atoms with E-state index < -0.39 is 0 Å². The number of benzene rings is 1. The van der Waals surface area contributed by atoms with E-state index in [1.807, 2.05) is 31.3 Å². The summed E-state index contributed by atoms with van der Waals surface area (Å²) in [5.41, 5.74) is 1.87. The quantitative estimate of drug-likeness (QED) is 0.865. The van der Waals surface area contributed by atoms with Crippen LogP contribution in [0.2, 0.25) is 0 Å². The Morgan fingerprint density at radius 2 is 2.00 bits per heavy atom. The van der Waals surface area contributed by atoms with Crippen LogP contribution in [0.4, 0.5) is 5.69 Å². The van der Waals surface area contributed by atoms with Crippen LogP contribution >= 0.6 is 0 Å². The number of fused-ring (bicyclic) bond motifs is 1. The summed E-state index contributed by atoms with van der Waals surface area (Å²) >= 11 is 0. The summed E-state index contributed by atoms with van der Waals surface area (Å²) in [5.74, 6) is 0.279. The number of piperidine rings is 1. The standard InChI is InChI=1S/C15H19N3O/c1-16-11-6-8-18(9-7-11)15-12-4-2-3-5-13(12)17-10-14(15)19/h2-5,10-11,16,19H,6-9H2,1H3. The molecule has 0 atom stereocenters. The van der Waals surface area contributed by atoms with Gasteiger partial charge in [-0.05, 0) is 26.0 Å². The lowest BCUT2D eigenvalue weighted by molar-refractivity contribution is 0.433. The van der Waals surface area contributed by atoms with E-state index in [9.17, 15) is 5.11 Å². The molecule has 4 heteroatoms. The van der Waals surface area contributed by atoms with Gasteiger partial charge < -0.3 is 15.3 Å². The van der Waals surface area contributed by atoms with Crippen molar-refractivity contribution < 1.29 is 5.11 Å². The monoisotopic (exact) mass is 257 g/mol. The average Bonchev–Trinajstić information content (AvgIpc) is 2.47. The highest BCUT2D eigenvalue weighted by Gasteiger charge is 2.21. The number of hydrogen-bond acceptors (Lipinski definition) is 4. The molecule has 0 bridgehead atoms. The fourth-order valence-electron chi connectivity index (χ4n) is 2.84. The maximum atomic E-state index is 10.2.